The fourth-order valence-electron chi connectivity index (χ4n) is 2.16. The minimum Gasteiger partial charge on any atom is -0.457 e. The number of ether oxygens (including phenoxy) is 1. The molecule has 0 aliphatic heterocycles. The quantitative estimate of drug-likeness (QED) is 0.814. The van der Waals surface area contributed by atoms with Crippen LogP contribution in [-0.2, 0) is 0 Å². The Labute approximate surface area is 129 Å². The van der Waals surface area contributed by atoms with Crippen LogP contribution in [0.1, 0.15) is 31.0 Å². The van der Waals surface area contributed by atoms with Crippen molar-refractivity contribution in [2.24, 2.45) is 0 Å². The van der Waals surface area contributed by atoms with Crippen molar-refractivity contribution in [1.29, 1.82) is 0 Å². The van der Waals surface area contributed by atoms with Gasteiger partial charge in [-0.2, -0.15) is 0 Å². The van der Waals surface area contributed by atoms with E-state index in [0.717, 1.165) is 12.1 Å². The van der Waals surface area contributed by atoms with Gasteiger partial charge in [-0.05, 0) is 61.9 Å². The molecule has 4 heteroatoms. The van der Waals surface area contributed by atoms with E-state index in [1.165, 1.54) is 6.07 Å². The summed E-state index contributed by atoms with van der Waals surface area (Å²) in [5, 5.41) is 3.97. The highest BCUT2D eigenvalue weighted by atomic mass is 35.5. The van der Waals surface area contributed by atoms with E-state index in [9.17, 15) is 4.39 Å². The largest absolute Gasteiger partial charge is 0.457 e. The molecule has 0 aliphatic rings. The summed E-state index contributed by atoms with van der Waals surface area (Å²) in [5.74, 6) is 0.992. The summed E-state index contributed by atoms with van der Waals surface area (Å²) >= 11 is 6.30. The zero-order valence-corrected chi connectivity index (χ0v) is 13.2. The topological polar surface area (TPSA) is 21.3 Å². The highest BCUT2D eigenvalue weighted by molar-refractivity contribution is 6.31. The van der Waals surface area contributed by atoms with Crippen molar-refractivity contribution in [3.05, 3.63) is 58.4 Å². The van der Waals surface area contributed by atoms with Gasteiger partial charge in [-0.3, -0.25) is 0 Å². The minimum absolute atomic E-state index is 0.185. The fourth-order valence-corrected chi connectivity index (χ4v) is 2.49. The van der Waals surface area contributed by atoms with Crippen LogP contribution in [0.4, 0.5) is 4.39 Å². The third-order valence-corrected chi connectivity index (χ3v) is 3.64. The maximum atomic E-state index is 13.2. The summed E-state index contributed by atoms with van der Waals surface area (Å²) in [6.07, 6.45) is 0. The van der Waals surface area contributed by atoms with Crippen LogP contribution in [0.5, 0.6) is 11.5 Å². The Balaban J connectivity index is 2.18. The molecule has 2 aromatic rings. The SMILES string of the molecule is CCNC(C)c1ccc(Oc2ccc(F)c(C)c2)cc1Cl. The predicted molar refractivity (Wildman–Crippen MR) is 84.8 cm³/mol. The first kappa shape index (κ1) is 15.8. The highest BCUT2D eigenvalue weighted by Gasteiger charge is 2.10. The monoisotopic (exact) mass is 307 g/mol. The highest BCUT2D eigenvalue weighted by Crippen LogP contribution is 2.30. The van der Waals surface area contributed by atoms with Gasteiger partial charge >= 0.3 is 0 Å². The number of benzene rings is 2. The lowest BCUT2D eigenvalue weighted by Crippen LogP contribution is -2.17. The van der Waals surface area contributed by atoms with E-state index in [2.05, 4.69) is 19.2 Å². The van der Waals surface area contributed by atoms with Crippen LogP contribution >= 0.6 is 11.6 Å². The van der Waals surface area contributed by atoms with Gasteiger partial charge in [0.25, 0.3) is 0 Å². The number of hydrogen-bond donors (Lipinski definition) is 1. The zero-order chi connectivity index (χ0) is 15.4. The van der Waals surface area contributed by atoms with Gasteiger partial charge < -0.3 is 10.1 Å². The molecule has 1 unspecified atom stereocenters. The maximum Gasteiger partial charge on any atom is 0.128 e. The molecule has 0 bridgehead atoms. The molecule has 0 aromatic heterocycles. The lowest BCUT2D eigenvalue weighted by molar-refractivity contribution is 0.479. The normalized spacial score (nSPS) is 12.2. The zero-order valence-electron chi connectivity index (χ0n) is 12.4. The lowest BCUT2D eigenvalue weighted by atomic mass is 10.1. The number of halogens is 2. The van der Waals surface area contributed by atoms with Gasteiger partial charge in [0.1, 0.15) is 17.3 Å². The van der Waals surface area contributed by atoms with Gasteiger partial charge in [-0.15, -0.1) is 0 Å². The second-order valence-electron chi connectivity index (χ2n) is 4.98. The van der Waals surface area contributed by atoms with Crippen LogP contribution in [0.3, 0.4) is 0 Å². The molecule has 2 nitrogen and oxygen atoms in total. The van der Waals surface area contributed by atoms with Crippen LogP contribution in [0.15, 0.2) is 36.4 Å². The molecule has 0 radical (unpaired) electrons. The Morgan fingerprint density at radius 3 is 2.48 bits per heavy atom. The second-order valence-corrected chi connectivity index (χ2v) is 5.38. The van der Waals surface area contributed by atoms with Gasteiger partial charge in [0.2, 0.25) is 0 Å². The van der Waals surface area contributed by atoms with Crippen LogP contribution < -0.4 is 10.1 Å². The predicted octanol–water partition coefficient (Wildman–Crippen LogP) is 5.25. The van der Waals surface area contributed by atoms with Crippen molar-refractivity contribution in [3.63, 3.8) is 0 Å². The Morgan fingerprint density at radius 2 is 1.86 bits per heavy atom. The smallest absolute Gasteiger partial charge is 0.128 e. The second kappa shape index (κ2) is 6.92. The molecule has 2 rings (SSSR count). The molecule has 0 fully saturated rings. The van der Waals surface area contributed by atoms with E-state index in [0.29, 0.717) is 22.1 Å². The molecule has 0 saturated heterocycles. The molecule has 0 saturated carbocycles. The average Bonchev–Trinajstić information content (AvgIpc) is 2.43. The summed E-state index contributed by atoms with van der Waals surface area (Å²) in [5.41, 5.74) is 1.58. The average molecular weight is 308 g/mol. The van der Waals surface area contributed by atoms with E-state index in [1.54, 1.807) is 25.1 Å². The molecule has 0 aliphatic carbocycles. The van der Waals surface area contributed by atoms with Crippen LogP contribution in [0.25, 0.3) is 0 Å². The molecule has 2 aromatic carbocycles. The van der Waals surface area contributed by atoms with Crippen molar-refractivity contribution in [2.75, 3.05) is 6.54 Å². The third kappa shape index (κ3) is 3.96. The lowest BCUT2D eigenvalue weighted by Gasteiger charge is -2.15. The Bertz CT molecular complexity index is 630. The molecule has 1 atom stereocenters. The molecule has 21 heavy (non-hydrogen) atoms. The number of aryl methyl sites for hydroxylation is 1. The van der Waals surface area contributed by atoms with Gasteiger partial charge in [-0.1, -0.05) is 24.6 Å². The number of rotatable bonds is 5. The third-order valence-electron chi connectivity index (χ3n) is 3.31. The Hall–Kier alpha value is -1.58. The van der Waals surface area contributed by atoms with E-state index in [4.69, 9.17) is 16.3 Å². The van der Waals surface area contributed by atoms with Gasteiger partial charge in [0.15, 0.2) is 0 Å². The Morgan fingerprint density at radius 1 is 1.19 bits per heavy atom. The number of nitrogens with one attached hydrogen (secondary N) is 1. The van der Waals surface area contributed by atoms with E-state index >= 15 is 0 Å². The summed E-state index contributed by atoms with van der Waals surface area (Å²) in [7, 11) is 0. The molecule has 112 valence electrons. The van der Waals surface area contributed by atoms with Crippen molar-refractivity contribution >= 4 is 11.6 Å². The van der Waals surface area contributed by atoms with E-state index in [-0.39, 0.29) is 11.9 Å². The summed E-state index contributed by atoms with van der Waals surface area (Å²) < 4.78 is 19.0. The standard InChI is InChI=1S/C17H19ClFNO/c1-4-20-12(3)15-7-5-14(10-16(15)18)21-13-6-8-17(19)11(2)9-13/h5-10,12,20H,4H2,1-3H3. The molecule has 0 amide bonds. The van der Waals surface area contributed by atoms with Crippen molar-refractivity contribution in [2.45, 2.75) is 26.8 Å². The van der Waals surface area contributed by atoms with E-state index in [1.807, 2.05) is 12.1 Å². The molecule has 1 N–H and O–H groups in total. The summed E-state index contributed by atoms with van der Waals surface area (Å²) in [6, 6.07) is 10.4. The summed E-state index contributed by atoms with van der Waals surface area (Å²) in [6.45, 7) is 6.70. The first-order valence-electron chi connectivity index (χ1n) is 6.98. The molecular formula is C17H19ClFNO. The Kier molecular flexibility index (Phi) is 5.21. The first-order valence-corrected chi connectivity index (χ1v) is 7.36. The molecular weight excluding hydrogens is 289 g/mol. The number of hydrogen-bond acceptors (Lipinski definition) is 2. The molecule has 0 spiro atoms. The summed E-state index contributed by atoms with van der Waals surface area (Å²) in [4.78, 5) is 0. The van der Waals surface area contributed by atoms with Crippen LogP contribution in [-0.4, -0.2) is 6.54 Å². The van der Waals surface area contributed by atoms with Crippen LogP contribution in [0.2, 0.25) is 5.02 Å². The molecule has 0 heterocycles. The van der Waals surface area contributed by atoms with Gasteiger partial charge in [0, 0.05) is 11.1 Å². The van der Waals surface area contributed by atoms with Crippen molar-refractivity contribution in [1.82, 2.24) is 5.32 Å². The van der Waals surface area contributed by atoms with Gasteiger partial charge in [-0.25, -0.2) is 4.39 Å². The van der Waals surface area contributed by atoms with E-state index < -0.39 is 0 Å². The van der Waals surface area contributed by atoms with Crippen LogP contribution in [0, 0.1) is 12.7 Å². The van der Waals surface area contributed by atoms with Crippen molar-refractivity contribution < 1.29 is 9.13 Å². The maximum absolute atomic E-state index is 13.2. The fraction of sp³-hybridized carbons (Fsp3) is 0.294. The minimum atomic E-state index is -0.241. The first-order chi connectivity index (χ1) is 10.0. The van der Waals surface area contributed by atoms with Gasteiger partial charge in [0.05, 0.1) is 0 Å². The van der Waals surface area contributed by atoms with Crippen molar-refractivity contribution in [3.8, 4) is 11.5 Å².